The number of benzene rings is 1. The fraction of sp³-hybridized carbons (Fsp3) is 0.519. The van der Waals surface area contributed by atoms with Crippen LogP contribution in [0.3, 0.4) is 0 Å². The number of nitrogens with one attached hydrogen (secondary N) is 1. The molecule has 5 heterocycles. The normalized spacial score (nSPS) is 20.7. The lowest BCUT2D eigenvalue weighted by Crippen LogP contribution is -2.56. The highest BCUT2D eigenvalue weighted by atomic mass is 35.5. The SMILES string of the molecule is CSNc1ccc(Cl)cc1C(=O)N1CCCCCC1c1cc2nc(N3CC(N)C3)cc(N3CCOCC3)n2n1. The number of amides is 1. The van der Waals surface area contributed by atoms with Crippen LogP contribution in [0.2, 0.25) is 5.02 Å². The number of carbonyl (C=O) groups is 1. The van der Waals surface area contributed by atoms with Gasteiger partial charge in [-0.25, -0.2) is 4.98 Å². The van der Waals surface area contributed by atoms with E-state index in [1.807, 2.05) is 21.7 Å². The number of fused-ring (bicyclic) bond motifs is 1. The van der Waals surface area contributed by atoms with Crippen molar-refractivity contribution in [3.8, 4) is 0 Å². The summed E-state index contributed by atoms with van der Waals surface area (Å²) in [7, 11) is 0. The number of hydrogen-bond donors (Lipinski definition) is 2. The van der Waals surface area contributed by atoms with E-state index in [2.05, 4.69) is 26.7 Å². The molecule has 0 aliphatic carbocycles. The maximum absolute atomic E-state index is 14.1. The summed E-state index contributed by atoms with van der Waals surface area (Å²) in [5.74, 6) is 1.88. The van der Waals surface area contributed by atoms with Crippen LogP contribution in [0.5, 0.6) is 0 Å². The predicted octanol–water partition coefficient (Wildman–Crippen LogP) is 3.81. The average molecular weight is 571 g/mol. The monoisotopic (exact) mass is 570 g/mol. The Morgan fingerprint density at radius 3 is 2.69 bits per heavy atom. The number of likely N-dealkylation sites (tertiary alicyclic amines) is 1. The van der Waals surface area contributed by atoms with E-state index in [-0.39, 0.29) is 18.0 Å². The maximum Gasteiger partial charge on any atom is 0.256 e. The van der Waals surface area contributed by atoms with E-state index in [0.717, 1.165) is 80.5 Å². The van der Waals surface area contributed by atoms with Gasteiger partial charge in [-0.05, 0) is 31.0 Å². The molecule has 12 heteroatoms. The molecule has 1 atom stereocenters. The molecule has 39 heavy (non-hydrogen) atoms. The Morgan fingerprint density at radius 2 is 1.92 bits per heavy atom. The van der Waals surface area contributed by atoms with Crippen molar-refractivity contribution >= 4 is 52.4 Å². The third-order valence-corrected chi connectivity index (χ3v) is 8.42. The van der Waals surface area contributed by atoms with Crippen LogP contribution in [0.25, 0.3) is 5.65 Å². The third-order valence-electron chi connectivity index (χ3n) is 7.76. The second-order valence-corrected chi connectivity index (χ2v) is 11.5. The van der Waals surface area contributed by atoms with Gasteiger partial charge in [0.05, 0.1) is 36.2 Å². The Kier molecular flexibility index (Phi) is 7.75. The van der Waals surface area contributed by atoms with E-state index in [0.29, 0.717) is 30.3 Å². The van der Waals surface area contributed by atoms with Gasteiger partial charge in [-0.2, -0.15) is 9.61 Å². The molecule has 3 aromatic rings. The van der Waals surface area contributed by atoms with Crippen LogP contribution in [0.15, 0.2) is 30.3 Å². The summed E-state index contributed by atoms with van der Waals surface area (Å²) >= 11 is 7.80. The van der Waals surface area contributed by atoms with Crippen LogP contribution in [0.4, 0.5) is 17.3 Å². The Balaban J connectivity index is 1.40. The fourth-order valence-corrected chi connectivity index (χ4v) is 6.28. The van der Waals surface area contributed by atoms with Gasteiger partial charge in [-0.1, -0.05) is 36.4 Å². The molecular weight excluding hydrogens is 536 g/mol. The van der Waals surface area contributed by atoms with Crippen molar-refractivity contribution in [3.63, 3.8) is 0 Å². The van der Waals surface area contributed by atoms with Gasteiger partial charge < -0.3 is 29.9 Å². The van der Waals surface area contributed by atoms with Crippen molar-refractivity contribution in [1.82, 2.24) is 19.5 Å². The molecule has 0 saturated carbocycles. The average Bonchev–Trinajstić information content (AvgIpc) is 3.20. The van der Waals surface area contributed by atoms with Gasteiger partial charge in [-0.3, -0.25) is 4.79 Å². The summed E-state index contributed by atoms with van der Waals surface area (Å²) in [5, 5.41) is 5.65. The predicted molar refractivity (Wildman–Crippen MR) is 157 cm³/mol. The second kappa shape index (κ2) is 11.4. The van der Waals surface area contributed by atoms with Gasteiger partial charge in [-0.15, -0.1) is 0 Å². The quantitative estimate of drug-likeness (QED) is 0.428. The number of nitrogens with two attached hydrogens (primary N) is 1. The number of nitrogens with zero attached hydrogens (tertiary/aromatic N) is 6. The minimum Gasteiger partial charge on any atom is -0.378 e. The molecule has 6 rings (SSSR count). The van der Waals surface area contributed by atoms with Crippen LogP contribution >= 0.6 is 23.5 Å². The number of rotatable bonds is 6. The highest BCUT2D eigenvalue weighted by molar-refractivity contribution is 7.99. The first-order valence-corrected chi connectivity index (χ1v) is 15.3. The summed E-state index contributed by atoms with van der Waals surface area (Å²) in [6.45, 7) is 5.21. The molecule has 3 aliphatic heterocycles. The first-order chi connectivity index (χ1) is 19.0. The molecule has 10 nitrogen and oxygen atoms in total. The molecule has 0 radical (unpaired) electrons. The Labute approximate surface area is 237 Å². The van der Waals surface area contributed by atoms with Crippen LogP contribution in [-0.4, -0.2) is 83.6 Å². The van der Waals surface area contributed by atoms with Crippen molar-refractivity contribution in [1.29, 1.82) is 0 Å². The highest BCUT2D eigenvalue weighted by Gasteiger charge is 2.32. The molecular formula is C27H35ClN8O2S. The van der Waals surface area contributed by atoms with Crippen LogP contribution < -0.4 is 20.3 Å². The fourth-order valence-electron chi connectivity index (χ4n) is 5.71. The smallest absolute Gasteiger partial charge is 0.256 e. The summed E-state index contributed by atoms with van der Waals surface area (Å²) in [5.41, 5.74) is 9.08. The molecule has 1 unspecified atom stereocenters. The Hall–Kier alpha value is -2.73. The number of carbonyl (C=O) groups excluding carboxylic acids is 1. The van der Waals surface area contributed by atoms with Crippen molar-refractivity contribution < 1.29 is 9.53 Å². The van der Waals surface area contributed by atoms with Crippen molar-refractivity contribution in [2.75, 3.05) is 66.7 Å². The van der Waals surface area contributed by atoms with Gasteiger partial charge >= 0.3 is 0 Å². The Morgan fingerprint density at radius 1 is 1.10 bits per heavy atom. The second-order valence-electron chi connectivity index (χ2n) is 10.4. The van der Waals surface area contributed by atoms with Gasteiger partial charge in [0.1, 0.15) is 11.6 Å². The number of morpholine rings is 1. The zero-order valence-corrected chi connectivity index (χ0v) is 23.8. The number of halogens is 1. The first kappa shape index (κ1) is 26.5. The van der Waals surface area contributed by atoms with Gasteiger partial charge in [0.15, 0.2) is 5.65 Å². The standard InChI is InChI=1S/C27H35ClN8O2S/c1-39-32-21-7-6-18(28)13-20(21)27(37)35-8-4-2-3-5-23(35)22-14-25-30-24(34-16-19(29)17-34)15-26(36(25)31-22)33-9-11-38-12-10-33/h6-7,13-15,19,23,32H,2-5,8-12,16-17,29H2,1H3. The minimum absolute atomic E-state index is 0.0328. The molecule has 3 saturated heterocycles. The molecule has 2 aromatic heterocycles. The van der Waals surface area contributed by atoms with Gasteiger partial charge in [0, 0.05) is 62.2 Å². The minimum atomic E-state index is -0.152. The topological polar surface area (TPSA) is 104 Å². The third kappa shape index (κ3) is 5.37. The largest absolute Gasteiger partial charge is 0.378 e. The lowest BCUT2D eigenvalue weighted by molar-refractivity contribution is 0.0678. The van der Waals surface area contributed by atoms with Crippen LogP contribution in [0, 0.1) is 0 Å². The molecule has 1 aromatic carbocycles. The molecule has 3 N–H and O–H groups in total. The van der Waals surface area contributed by atoms with E-state index in [1.165, 1.54) is 11.9 Å². The number of aromatic nitrogens is 3. The first-order valence-electron chi connectivity index (χ1n) is 13.7. The lowest BCUT2D eigenvalue weighted by atomic mass is 10.0. The van der Waals surface area contributed by atoms with Crippen LogP contribution in [-0.2, 0) is 4.74 Å². The van der Waals surface area contributed by atoms with E-state index in [4.69, 9.17) is 32.2 Å². The van der Waals surface area contributed by atoms with Gasteiger partial charge in [0.25, 0.3) is 5.91 Å². The molecule has 3 fully saturated rings. The molecule has 208 valence electrons. The van der Waals surface area contributed by atoms with Crippen LogP contribution in [0.1, 0.15) is 47.8 Å². The van der Waals surface area contributed by atoms with E-state index < -0.39 is 0 Å². The molecule has 0 spiro atoms. The zero-order valence-electron chi connectivity index (χ0n) is 22.2. The number of hydrogen-bond acceptors (Lipinski definition) is 9. The zero-order chi connectivity index (χ0) is 26.9. The Bertz CT molecular complexity index is 1340. The molecule has 0 bridgehead atoms. The maximum atomic E-state index is 14.1. The number of anilines is 3. The summed E-state index contributed by atoms with van der Waals surface area (Å²) in [4.78, 5) is 25.5. The van der Waals surface area contributed by atoms with E-state index in [1.54, 1.807) is 12.1 Å². The van der Waals surface area contributed by atoms with Gasteiger partial charge in [0.2, 0.25) is 0 Å². The number of ether oxygens (including phenoxy) is 1. The van der Waals surface area contributed by atoms with Crippen molar-refractivity contribution in [2.45, 2.75) is 37.8 Å². The summed E-state index contributed by atoms with van der Waals surface area (Å²) in [6, 6.07) is 9.63. The highest BCUT2D eigenvalue weighted by Crippen LogP contribution is 2.35. The van der Waals surface area contributed by atoms with E-state index in [9.17, 15) is 4.79 Å². The molecule has 1 amide bonds. The molecule has 3 aliphatic rings. The van der Waals surface area contributed by atoms with Crippen molar-refractivity contribution in [3.05, 3.63) is 46.6 Å². The van der Waals surface area contributed by atoms with E-state index >= 15 is 0 Å². The van der Waals surface area contributed by atoms with Crippen molar-refractivity contribution in [2.24, 2.45) is 5.73 Å². The summed E-state index contributed by atoms with van der Waals surface area (Å²) < 4.78 is 10.8. The summed E-state index contributed by atoms with van der Waals surface area (Å²) in [6.07, 6.45) is 5.86. The lowest BCUT2D eigenvalue weighted by Gasteiger charge is -2.38.